The minimum atomic E-state index is -0.216. The fourth-order valence-corrected chi connectivity index (χ4v) is 4.38. The van der Waals surface area contributed by atoms with Gasteiger partial charge in [-0.3, -0.25) is 5.32 Å². The monoisotopic (exact) mass is 399 g/mol. The molecule has 7 nitrogen and oxygen atoms in total. The van der Waals surface area contributed by atoms with Crippen molar-refractivity contribution in [3.8, 4) is 11.5 Å². The fourth-order valence-electron chi connectivity index (χ4n) is 3.52. The van der Waals surface area contributed by atoms with Gasteiger partial charge in [0.2, 0.25) is 0 Å². The summed E-state index contributed by atoms with van der Waals surface area (Å²) in [5.41, 5.74) is 2.19. The number of aromatic nitrogens is 1. The zero-order valence-corrected chi connectivity index (χ0v) is 16.7. The third kappa shape index (κ3) is 3.31. The molecule has 2 amide bonds. The van der Waals surface area contributed by atoms with Crippen LogP contribution in [0.25, 0.3) is 0 Å². The lowest BCUT2D eigenvalue weighted by Crippen LogP contribution is -2.42. The maximum absolute atomic E-state index is 13.1. The molecular formula is C20H21N3O4S. The summed E-state index contributed by atoms with van der Waals surface area (Å²) >= 11 is 1.62. The molecule has 0 radical (unpaired) electrons. The van der Waals surface area contributed by atoms with Crippen LogP contribution >= 0.6 is 11.3 Å². The Labute approximate surface area is 166 Å². The number of amides is 2. The quantitative estimate of drug-likeness (QED) is 0.710. The van der Waals surface area contributed by atoms with Gasteiger partial charge < -0.3 is 18.9 Å². The van der Waals surface area contributed by atoms with Crippen molar-refractivity contribution in [2.24, 2.45) is 0 Å². The second kappa shape index (κ2) is 7.55. The maximum Gasteiger partial charge on any atom is 0.323 e. The highest BCUT2D eigenvalue weighted by Crippen LogP contribution is 2.42. The van der Waals surface area contributed by atoms with Gasteiger partial charge in [-0.05, 0) is 48.1 Å². The van der Waals surface area contributed by atoms with E-state index in [4.69, 9.17) is 14.0 Å². The molecule has 1 aromatic carbocycles. The Hall–Kier alpha value is -3.00. The van der Waals surface area contributed by atoms with Crippen LogP contribution in [0.1, 0.15) is 27.8 Å². The SMILES string of the molecule is COc1cc2c(cc1OC)[C@H](c1cccs1)N(C(=O)Nc1cc(C)on1)CC2. The first kappa shape index (κ1) is 18.4. The number of nitrogens with one attached hydrogen (secondary N) is 1. The second-order valence-corrected chi connectivity index (χ2v) is 7.50. The molecule has 1 aliphatic rings. The molecule has 0 fully saturated rings. The number of benzene rings is 1. The van der Waals surface area contributed by atoms with Crippen LogP contribution in [0.5, 0.6) is 11.5 Å². The Kier molecular flexibility index (Phi) is 4.95. The molecule has 4 rings (SSSR count). The van der Waals surface area contributed by atoms with Gasteiger partial charge in [0.1, 0.15) is 5.76 Å². The first-order valence-electron chi connectivity index (χ1n) is 8.90. The van der Waals surface area contributed by atoms with Crippen molar-refractivity contribution in [3.63, 3.8) is 0 Å². The van der Waals surface area contributed by atoms with E-state index in [1.165, 1.54) is 0 Å². The summed E-state index contributed by atoms with van der Waals surface area (Å²) in [6, 6.07) is 9.28. The van der Waals surface area contributed by atoms with Crippen molar-refractivity contribution in [2.45, 2.75) is 19.4 Å². The third-order valence-electron chi connectivity index (χ3n) is 4.81. The summed E-state index contributed by atoms with van der Waals surface area (Å²) in [4.78, 5) is 16.0. The Bertz CT molecular complexity index is 984. The molecule has 0 saturated carbocycles. The molecular weight excluding hydrogens is 378 g/mol. The van der Waals surface area contributed by atoms with Crippen molar-refractivity contribution < 1.29 is 18.8 Å². The van der Waals surface area contributed by atoms with Crippen molar-refractivity contribution in [3.05, 3.63) is 57.5 Å². The average Bonchev–Trinajstić information content (AvgIpc) is 3.37. The van der Waals surface area contributed by atoms with Gasteiger partial charge in [0.15, 0.2) is 17.3 Å². The lowest BCUT2D eigenvalue weighted by Gasteiger charge is -2.37. The smallest absolute Gasteiger partial charge is 0.323 e. The summed E-state index contributed by atoms with van der Waals surface area (Å²) in [6.45, 7) is 2.36. The molecule has 1 aliphatic heterocycles. The van der Waals surface area contributed by atoms with Crippen molar-refractivity contribution >= 4 is 23.2 Å². The lowest BCUT2D eigenvalue weighted by atomic mass is 9.91. The summed E-state index contributed by atoms with van der Waals surface area (Å²) in [5, 5.41) is 8.72. The van der Waals surface area contributed by atoms with Crippen LogP contribution in [0.15, 0.2) is 40.2 Å². The average molecular weight is 399 g/mol. The van der Waals surface area contributed by atoms with Crippen LogP contribution in [-0.2, 0) is 6.42 Å². The van der Waals surface area contributed by atoms with Gasteiger partial charge >= 0.3 is 6.03 Å². The molecule has 3 aromatic rings. The topological polar surface area (TPSA) is 76.8 Å². The Morgan fingerprint density at radius 3 is 2.71 bits per heavy atom. The van der Waals surface area contributed by atoms with E-state index in [2.05, 4.69) is 10.5 Å². The molecule has 0 aliphatic carbocycles. The molecule has 0 saturated heterocycles. The van der Waals surface area contributed by atoms with E-state index in [-0.39, 0.29) is 12.1 Å². The van der Waals surface area contributed by atoms with Crippen LogP contribution < -0.4 is 14.8 Å². The number of hydrogen-bond donors (Lipinski definition) is 1. The molecule has 0 spiro atoms. The van der Waals surface area contributed by atoms with E-state index in [0.29, 0.717) is 29.6 Å². The number of ether oxygens (including phenoxy) is 2. The Morgan fingerprint density at radius 2 is 2.07 bits per heavy atom. The van der Waals surface area contributed by atoms with Crippen LogP contribution in [0, 0.1) is 6.92 Å². The number of methoxy groups -OCH3 is 2. The first-order chi connectivity index (χ1) is 13.6. The minimum Gasteiger partial charge on any atom is -0.493 e. The van der Waals surface area contributed by atoms with E-state index in [1.807, 2.05) is 34.5 Å². The van der Waals surface area contributed by atoms with Crippen LogP contribution in [0.4, 0.5) is 10.6 Å². The molecule has 0 unspecified atom stereocenters. The summed E-state index contributed by atoms with van der Waals surface area (Å²) in [7, 11) is 3.24. The largest absolute Gasteiger partial charge is 0.493 e. The van der Waals surface area contributed by atoms with Gasteiger partial charge in [-0.15, -0.1) is 11.3 Å². The second-order valence-electron chi connectivity index (χ2n) is 6.52. The fraction of sp³-hybridized carbons (Fsp3) is 0.300. The third-order valence-corrected chi connectivity index (χ3v) is 5.73. The number of hydrogen-bond acceptors (Lipinski definition) is 6. The van der Waals surface area contributed by atoms with E-state index >= 15 is 0 Å². The maximum atomic E-state index is 13.1. The van der Waals surface area contributed by atoms with E-state index in [1.54, 1.807) is 38.5 Å². The number of rotatable bonds is 4. The molecule has 28 heavy (non-hydrogen) atoms. The van der Waals surface area contributed by atoms with Gasteiger partial charge in [-0.1, -0.05) is 11.2 Å². The Balaban J connectivity index is 1.73. The van der Waals surface area contributed by atoms with E-state index in [9.17, 15) is 4.79 Å². The summed E-state index contributed by atoms with van der Waals surface area (Å²) < 4.78 is 16.0. The predicted octanol–water partition coefficient (Wildman–Crippen LogP) is 4.24. The molecule has 146 valence electrons. The number of carbonyl (C=O) groups is 1. The molecule has 3 heterocycles. The van der Waals surface area contributed by atoms with Gasteiger partial charge in [0, 0.05) is 17.5 Å². The van der Waals surface area contributed by atoms with Crippen molar-refractivity contribution in [1.29, 1.82) is 0 Å². The van der Waals surface area contributed by atoms with Gasteiger partial charge in [0.05, 0.1) is 20.3 Å². The first-order valence-corrected chi connectivity index (χ1v) is 9.77. The number of aryl methyl sites for hydroxylation is 1. The molecule has 1 N–H and O–H groups in total. The van der Waals surface area contributed by atoms with Crippen LogP contribution in [-0.4, -0.2) is 36.9 Å². The highest BCUT2D eigenvalue weighted by Gasteiger charge is 2.34. The number of anilines is 1. The summed E-state index contributed by atoms with van der Waals surface area (Å²) in [6.07, 6.45) is 0.725. The number of urea groups is 1. The highest BCUT2D eigenvalue weighted by atomic mass is 32.1. The highest BCUT2D eigenvalue weighted by molar-refractivity contribution is 7.10. The zero-order valence-electron chi connectivity index (χ0n) is 15.9. The van der Waals surface area contributed by atoms with Crippen molar-refractivity contribution in [2.75, 3.05) is 26.1 Å². The standard InChI is InChI=1S/C20H21N3O4S/c1-12-9-18(22-27-12)21-20(24)23-7-6-13-10-15(25-2)16(26-3)11-14(13)19(23)17-5-4-8-28-17/h4-5,8-11,19H,6-7H2,1-3H3,(H,21,22,24)/t19-/m1/s1. The Morgan fingerprint density at radius 1 is 1.29 bits per heavy atom. The van der Waals surface area contributed by atoms with Crippen LogP contribution in [0.3, 0.4) is 0 Å². The predicted molar refractivity (Wildman–Crippen MR) is 106 cm³/mol. The zero-order chi connectivity index (χ0) is 19.7. The normalized spacial score (nSPS) is 15.8. The van der Waals surface area contributed by atoms with Crippen molar-refractivity contribution in [1.82, 2.24) is 10.1 Å². The number of thiophene rings is 1. The number of nitrogens with zero attached hydrogens (tertiary/aromatic N) is 2. The minimum absolute atomic E-state index is 0.212. The molecule has 1 atom stereocenters. The number of carbonyl (C=O) groups excluding carboxylic acids is 1. The lowest BCUT2D eigenvalue weighted by molar-refractivity contribution is 0.194. The van der Waals surface area contributed by atoms with Gasteiger partial charge in [0.25, 0.3) is 0 Å². The van der Waals surface area contributed by atoms with E-state index < -0.39 is 0 Å². The molecule has 8 heteroatoms. The summed E-state index contributed by atoms with van der Waals surface area (Å²) in [5.74, 6) is 2.40. The van der Waals surface area contributed by atoms with Gasteiger partial charge in [-0.25, -0.2) is 4.79 Å². The number of fused-ring (bicyclic) bond motifs is 1. The molecule has 0 bridgehead atoms. The van der Waals surface area contributed by atoms with E-state index in [0.717, 1.165) is 22.4 Å². The van der Waals surface area contributed by atoms with Crippen LogP contribution in [0.2, 0.25) is 0 Å². The van der Waals surface area contributed by atoms with Gasteiger partial charge in [-0.2, -0.15) is 0 Å². The molecule has 2 aromatic heterocycles.